The molecule has 2 rings (SSSR count). The molecule has 19 heavy (non-hydrogen) atoms. The highest BCUT2D eigenvalue weighted by molar-refractivity contribution is 7.09. The second-order valence-electron chi connectivity index (χ2n) is 4.69. The Morgan fingerprint density at radius 3 is 2.79 bits per heavy atom. The molecule has 2 aromatic rings. The molecule has 0 saturated heterocycles. The van der Waals surface area contributed by atoms with E-state index in [9.17, 15) is 0 Å². The molecule has 1 atom stereocenters. The molecule has 1 N–H and O–H groups in total. The van der Waals surface area contributed by atoms with Gasteiger partial charge in [0.15, 0.2) is 0 Å². The molecule has 0 saturated carbocycles. The van der Waals surface area contributed by atoms with Crippen LogP contribution in [0.1, 0.15) is 42.4 Å². The van der Waals surface area contributed by atoms with Crippen LogP contribution in [0.5, 0.6) is 0 Å². The number of aryl methyl sites for hydroxylation is 1. The fraction of sp³-hybridized carbons (Fsp3) is 0.438. The van der Waals surface area contributed by atoms with E-state index in [0.29, 0.717) is 6.04 Å². The lowest BCUT2D eigenvalue weighted by atomic mass is 9.96. The lowest BCUT2D eigenvalue weighted by molar-refractivity contribution is 0.525. The van der Waals surface area contributed by atoms with Crippen LogP contribution in [0.25, 0.3) is 0 Å². The van der Waals surface area contributed by atoms with E-state index in [4.69, 9.17) is 0 Å². The molecule has 0 spiro atoms. The molecular formula is C16H22N2S. The van der Waals surface area contributed by atoms with Crippen LogP contribution in [0.4, 0.5) is 0 Å². The molecule has 102 valence electrons. The first kappa shape index (κ1) is 14.2. The Kier molecular flexibility index (Phi) is 5.55. The zero-order valence-electron chi connectivity index (χ0n) is 11.7. The van der Waals surface area contributed by atoms with Crippen molar-refractivity contribution in [2.45, 2.75) is 39.2 Å². The van der Waals surface area contributed by atoms with Crippen molar-refractivity contribution in [3.63, 3.8) is 0 Å². The third kappa shape index (κ3) is 3.88. The minimum atomic E-state index is 0.377. The Labute approximate surface area is 119 Å². The zero-order chi connectivity index (χ0) is 13.5. The molecule has 1 heterocycles. The van der Waals surface area contributed by atoms with Crippen LogP contribution in [0.3, 0.4) is 0 Å². The summed E-state index contributed by atoms with van der Waals surface area (Å²) in [5, 5.41) is 6.93. The highest BCUT2D eigenvalue weighted by Gasteiger charge is 2.15. The van der Waals surface area contributed by atoms with Crippen LogP contribution in [0.2, 0.25) is 0 Å². The lowest BCUT2D eigenvalue weighted by Crippen LogP contribution is -2.25. The second-order valence-corrected chi connectivity index (χ2v) is 5.67. The van der Waals surface area contributed by atoms with Crippen molar-refractivity contribution in [3.05, 3.63) is 52.0 Å². The van der Waals surface area contributed by atoms with E-state index in [2.05, 4.69) is 53.8 Å². The first-order valence-corrected chi connectivity index (χ1v) is 7.92. The van der Waals surface area contributed by atoms with E-state index in [1.54, 1.807) is 11.3 Å². The third-order valence-corrected chi connectivity index (χ3v) is 4.12. The smallest absolute Gasteiger partial charge is 0.0943 e. The maximum Gasteiger partial charge on any atom is 0.0943 e. The zero-order valence-corrected chi connectivity index (χ0v) is 12.5. The lowest BCUT2D eigenvalue weighted by Gasteiger charge is -2.20. The molecule has 0 aliphatic rings. The summed E-state index contributed by atoms with van der Waals surface area (Å²) in [6.07, 6.45) is 5.11. The largest absolute Gasteiger partial charge is 0.310 e. The fourth-order valence-electron chi connectivity index (χ4n) is 2.34. The third-order valence-electron chi connectivity index (χ3n) is 3.31. The van der Waals surface area contributed by atoms with Gasteiger partial charge in [0, 0.05) is 24.0 Å². The predicted molar refractivity (Wildman–Crippen MR) is 82.7 cm³/mol. The molecule has 0 aliphatic heterocycles. The number of hydrogen-bond acceptors (Lipinski definition) is 3. The molecular weight excluding hydrogens is 252 g/mol. The van der Waals surface area contributed by atoms with E-state index in [0.717, 1.165) is 25.8 Å². The Bertz CT molecular complexity index is 479. The van der Waals surface area contributed by atoms with Gasteiger partial charge in [-0.3, -0.25) is 0 Å². The maximum absolute atomic E-state index is 4.42. The van der Waals surface area contributed by atoms with Gasteiger partial charge in [-0.25, -0.2) is 4.98 Å². The number of aromatic nitrogens is 1. The van der Waals surface area contributed by atoms with E-state index >= 15 is 0 Å². The molecule has 0 amide bonds. The number of rotatable bonds is 7. The predicted octanol–water partition coefficient (Wildman–Crippen LogP) is 3.99. The van der Waals surface area contributed by atoms with E-state index in [-0.39, 0.29) is 0 Å². The van der Waals surface area contributed by atoms with Gasteiger partial charge in [0.25, 0.3) is 0 Å². The number of benzene rings is 1. The first-order valence-electron chi connectivity index (χ1n) is 7.04. The van der Waals surface area contributed by atoms with Gasteiger partial charge < -0.3 is 5.32 Å². The molecule has 1 unspecified atom stereocenters. The van der Waals surface area contributed by atoms with Crippen LogP contribution in [-0.4, -0.2) is 11.5 Å². The van der Waals surface area contributed by atoms with E-state index < -0.39 is 0 Å². The van der Waals surface area contributed by atoms with E-state index in [1.165, 1.54) is 16.1 Å². The van der Waals surface area contributed by atoms with Crippen LogP contribution < -0.4 is 5.32 Å². The van der Waals surface area contributed by atoms with Gasteiger partial charge in [-0.15, -0.1) is 11.3 Å². The first-order chi connectivity index (χ1) is 9.35. The molecule has 0 radical (unpaired) electrons. The molecule has 1 aromatic heterocycles. The highest BCUT2D eigenvalue weighted by Crippen LogP contribution is 2.23. The molecule has 3 heteroatoms. The summed E-state index contributed by atoms with van der Waals surface area (Å²) < 4.78 is 0. The van der Waals surface area contributed by atoms with Crippen LogP contribution >= 0.6 is 11.3 Å². The summed E-state index contributed by atoms with van der Waals surface area (Å²) in [6.45, 7) is 5.48. The topological polar surface area (TPSA) is 24.9 Å². The summed E-state index contributed by atoms with van der Waals surface area (Å²) in [5.74, 6) is 0. The van der Waals surface area contributed by atoms with Gasteiger partial charge in [0.05, 0.1) is 5.01 Å². The monoisotopic (exact) mass is 274 g/mol. The average molecular weight is 274 g/mol. The summed E-state index contributed by atoms with van der Waals surface area (Å²) in [4.78, 5) is 4.42. The second kappa shape index (κ2) is 7.41. The molecule has 1 aromatic carbocycles. The Morgan fingerprint density at radius 2 is 2.11 bits per heavy atom. The van der Waals surface area contributed by atoms with Crippen molar-refractivity contribution >= 4 is 11.3 Å². The van der Waals surface area contributed by atoms with Crippen molar-refractivity contribution in [2.75, 3.05) is 6.54 Å². The summed E-state index contributed by atoms with van der Waals surface area (Å²) in [7, 11) is 0. The quantitative estimate of drug-likeness (QED) is 0.826. The molecule has 0 bridgehead atoms. The standard InChI is InChI=1S/C16H22N2S/c1-3-9-17-15(12-16-18-10-11-19-16)14-8-6-5-7-13(14)4-2/h5-8,10-11,15,17H,3-4,9,12H2,1-2H3. The summed E-state index contributed by atoms with van der Waals surface area (Å²) in [5.41, 5.74) is 2.86. The van der Waals surface area contributed by atoms with Crippen LogP contribution in [0.15, 0.2) is 35.8 Å². The SMILES string of the molecule is CCCNC(Cc1nccs1)c1ccccc1CC. The molecule has 0 aliphatic carbocycles. The minimum absolute atomic E-state index is 0.377. The van der Waals surface area contributed by atoms with Gasteiger partial charge in [0.2, 0.25) is 0 Å². The van der Waals surface area contributed by atoms with Gasteiger partial charge in [-0.05, 0) is 30.5 Å². The van der Waals surface area contributed by atoms with Gasteiger partial charge in [-0.2, -0.15) is 0 Å². The van der Waals surface area contributed by atoms with E-state index in [1.807, 2.05) is 6.20 Å². The highest BCUT2D eigenvalue weighted by atomic mass is 32.1. The number of nitrogens with zero attached hydrogens (tertiary/aromatic N) is 1. The Morgan fingerprint density at radius 1 is 1.26 bits per heavy atom. The van der Waals surface area contributed by atoms with Gasteiger partial charge >= 0.3 is 0 Å². The normalized spacial score (nSPS) is 12.5. The molecule has 0 fully saturated rings. The van der Waals surface area contributed by atoms with Crippen LogP contribution in [0, 0.1) is 0 Å². The van der Waals surface area contributed by atoms with Crippen molar-refractivity contribution in [1.29, 1.82) is 0 Å². The Balaban J connectivity index is 2.20. The van der Waals surface area contributed by atoms with Gasteiger partial charge in [-0.1, -0.05) is 38.1 Å². The number of nitrogens with one attached hydrogen (secondary N) is 1. The summed E-state index contributed by atoms with van der Waals surface area (Å²) >= 11 is 1.74. The number of hydrogen-bond donors (Lipinski definition) is 1. The van der Waals surface area contributed by atoms with Crippen molar-refractivity contribution in [2.24, 2.45) is 0 Å². The average Bonchev–Trinajstić information content (AvgIpc) is 2.96. The Hall–Kier alpha value is -1.19. The summed E-state index contributed by atoms with van der Waals surface area (Å²) in [6, 6.07) is 9.12. The van der Waals surface area contributed by atoms with Crippen molar-refractivity contribution in [1.82, 2.24) is 10.3 Å². The van der Waals surface area contributed by atoms with Crippen molar-refractivity contribution in [3.8, 4) is 0 Å². The number of thiazole rings is 1. The maximum atomic E-state index is 4.42. The fourth-order valence-corrected chi connectivity index (χ4v) is 3.00. The minimum Gasteiger partial charge on any atom is -0.310 e. The van der Waals surface area contributed by atoms with Crippen LogP contribution in [-0.2, 0) is 12.8 Å². The van der Waals surface area contributed by atoms with Gasteiger partial charge in [0.1, 0.15) is 0 Å². The van der Waals surface area contributed by atoms with Crippen molar-refractivity contribution < 1.29 is 0 Å². The molecule has 2 nitrogen and oxygen atoms in total.